The number of rotatable bonds is 3. The molecule has 0 unspecified atom stereocenters. The van der Waals surface area contributed by atoms with Crippen LogP contribution in [0.1, 0.15) is 11.3 Å². The highest BCUT2D eigenvalue weighted by Crippen LogP contribution is 2.32. The zero-order valence-electron chi connectivity index (χ0n) is 13.9. The van der Waals surface area contributed by atoms with Gasteiger partial charge in [-0.1, -0.05) is 11.6 Å². The van der Waals surface area contributed by atoms with Crippen LogP contribution in [0.5, 0.6) is 0 Å². The molecule has 0 saturated carbocycles. The van der Waals surface area contributed by atoms with E-state index in [-0.39, 0.29) is 24.8 Å². The Morgan fingerprint density at radius 1 is 1.42 bits per heavy atom. The Hall–Kier alpha value is -2.97. The van der Waals surface area contributed by atoms with Crippen LogP contribution in [0.15, 0.2) is 41.5 Å². The minimum atomic E-state index is 0.0874. The van der Waals surface area contributed by atoms with Gasteiger partial charge in [-0.25, -0.2) is 9.97 Å². The van der Waals surface area contributed by atoms with Gasteiger partial charge in [-0.3, -0.25) is 15.4 Å². The van der Waals surface area contributed by atoms with Crippen LogP contribution < -0.4 is 0 Å². The van der Waals surface area contributed by atoms with Gasteiger partial charge >= 0.3 is 0 Å². The largest absolute Gasteiger partial charge is 0.442 e. The summed E-state index contributed by atoms with van der Waals surface area (Å²) in [7, 11) is 1.52. The lowest BCUT2D eigenvalue weighted by atomic mass is 10.1. The second-order valence-electron chi connectivity index (χ2n) is 5.75. The molecular weight excluding hydrogens is 356 g/mol. The fourth-order valence-corrected chi connectivity index (χ4v) is 3.17. The van der Waals surface area contributed by atoms with E-state index in [0.717, 1.165) is 11.4 Å². The van der Waals surface area contributed by atoms with Gasteiger partial charge in [-0.05, 0) is 18.2 Å². The molecule has 1 aromatic carbocycles. The maximum atomic E-state index is 8.63. The van der Waals surface area contributed by atoms with Gasteiger partial charge < -0.3 is 14.1 Å². The van der Waals surface area contributed by atoms with Crippen molar-refractivity contribution in [2.75, 3.05) is 13.7 Å². The number of hydrogen-bond acceptors (Lipinski definition) is 6. The third-order valence-electron chi connectivity index (χ3n) is 4.19. The summed E-state index contributed by atoms with van der Waals surface area (Å²) in [5, 5.41) is 17.5. The molecule has 0 atom stereocenters. The molecular formula is C17H15ClN6O2. The van der Waals surface area contributed by atoms with E-state index in [1.165, 1.54) is 13.5 Å². The van der Waals surface area contributed by atoms with Crippen molar-refractivity contribution >= 4 is 23.3 Å². The van der Waals surface area contributed by atoms with E-state index in [9.17, 15) is 0 Å². The summed E-state index contributed by atoms with van der Waals surface area (Å²) in [6, 6.07) is 5.32. The molecule has 4 rings (SSSR count). The van der Waals surface area contributed by atoms with E-state index >= 15 is 0 Å². The molecule has 0 amide bonds. The molecule has 3 heterocycles. The van der Waals surface area contributed by atoms with Gasteiger partial charge in [0, 0.05) is 17.7 Å². The summed E-state index contributed by atoms with van der Waals surface area (Å²) in [6.45, 7) is 0.355. The molecule has 8 nitrogen and oxygen atoms in total. The Kier molecular flexibility index (Phi) is 4.06. The molecule has 0 spiro atoms. The number of halogens is 1. The van der Waals surface area contributed by atoms with Gasteiger partial charge in [-0.15, -0.1) is 0 Å². The molecule has 2 N–H and O–H groups in total. The first-order chi connectivity index (χ1) is 12.6. The lowest BCUT2D eigenvalue weighted by molar-refractivity contribution is 0.236. The van der Waals surface area contributed by atoms with E-state index < -0.39 is 0 Å². The second-order valence-corrected chi connectivity index (χ2v) is 6.19. The van der Waals surface area contributed by atoms with E-state index in [2.05, 4.69) is 9.97 Å². The molecule has 9 heteroatoms. The number of aromatic nitrogens is 3. The summed E-state index contributed by atoms with van der Waals surface area (Å²) < 4.78 is 12.4. The number of fused-ring (bicyclic) bond motifs is 3. The number of nitrogens with zero attached hydrogens (tertiary/aromatic N) is 4. The number of methoxy groups -OCH3 is 1. The highest BCUT2D eigenvalue weighted by molar-refractivity contribution is 6.31. The van der Waals surface area contributed by atoms with Crippen LogP contribution in [0.2, 0.25) is 5.02 Å². The van der Waals surface area contributed by atoms with Crippen molar-refractivity contribution in [3.8, 4) is 17.1 Å². The first-order valence-corrected chi connectivity index (χ1v) is 8.15. The number of nitrogens with one attached hydrogen (secondary N) is 2. The molecule has 26 heavy (non-hydrogen) atoms. The zero-order valence-corrected chi connectivity index (χ0v) is 14.6. The zero-order chi connectivity index (χ0) is 18.3. The van der Waals surface area contributed by atoms with Crippen molar-refractivity contribution < 1.29 is 9.15 Å². The Labute approximate surface area is 154 Å². The predicted octanol–water partition coefficient (Wildman–Crippen LogP) is 2.95. The molecule has 0 aliphatic carbocycles. The number of amidine groups is 2. The molecule has 2 aromatic heterocycles. The smallest absolute Gasteiger partial charge is 0.181 e. The Bertz CT molecular complexity index is 995. The minimum absolute atomic E-state index is 0.0874. The van der Waals surface area contributed by atoms with Crippen LogP contribution in [0, 0.1) is 10.8 Å². The van der Waals surface area contributed by atoms with E-state index in [1.54, 1.807) is 29.6 Å². The molecule has 0 saturated heterocycles. The van der Waals surface area contributed by atoms with Gasteiger partial charge in [0.2, 0.25) is 0 Å². The topological polar surface area (TPSA) is 104 Å². The molecule has 1 aliphatic rings. The van der Waals surface area contributed by atoms with Gasteiger partial charge in [0.15, 0.2) is 12.2 Å². The molecule has 0 fully saturated rings. The van der Waals surface area contributed by atoms with Gasteiger partial charge in [-0.2, -0.15) is 0 Å². The van der Waals surface area contributed by atoms with Crippen LogP contribution in [0.4, 0.5) is 0 Å². The van der Waals surface area contributed by atoms with Gasteiger partial charge in [0.1, 0.15) is 30.3 Å². The molecule has 0 radical (unpaired) electrons. The van der Waals surface area contributed by atoms with Crippen molar-refractivity contribution in [2.45, 2.75) is 6.54 Å². The first-order valence-electron chi connectivity index (χ1n) is 7.78. The number of ether oxygens (including phenoxy) is 1. The van der Waals surface area contributed by atoms with E-state index in [1.807, 2.05) is 10.6 Å². The van der Waals surface area contributed by atoms with Crippen LogP contribution in [0.3, 0.4) is 0 Å². The quantitative estimate of drug-likeness (QED) is 0.545. The molecule has 1 aliphatic heterocycles. The van der Waals surface area contributed by atoms with E-state index in [4.69, 9.17) is 31.6 Å². The summed E-state index contributed by atoms with van der Waals surface area (Å²) in [4.78, 5) is 9.99. The fourth-order valence-electron chi connectivity index (χ4n) is 3.00. The summed E-state index contributed by atoms with van der Waals surface area (Å²) in [5.41, 5.74) is 2.78. The minimum Gasteiger partial charge on any atom is -0.442 e. The predicted molar refractivity (Wildman–Crippen MR) is 96.0 cm³/mol. The number of oxazole rings is 1. The van der Waals surface area contributed by atoms with Crippen LogP contribution in [-0.2, 0) is 11.3 Å². The second kappa shape index (κ2) is 6.40. The van der Waals surface area contributed by atoms with Crippen LogP contribution in [-0.4, -0.2) is 44.8 Å². The number of imidazole rings is 1. The number of hydrogen-bond donors (Lipinski definition) is 2. The first kappa shape index (κ1) is 16.5. The SMILES string of the molecule is COCC(=N)N1Cc2c(-c3cnco3)ncn2-c2ccc(Cl)cc2C1=N. The van der Waals surface area contributed by atoms with Crippen LogP contribution >= 0.6 is 11.6 Å². The van der Waals surface area contributed by atoms with E-state index in [0.29, 0.717) is 22.0 Å². The Morgan fingerprint density at radius 3 is 3.00 bits per heavy atom. The highest BCUT2D eigenvalue weighted by atomic mass is 35.5. The summed E-state index contributed by atoms with van der Waals surface area (Å²) in [6.07, 6.45) is 4.61. The lowest BCUT2D eigenvalue weighted by Gasteiger charge is -2.23. The summed E-state index contributed by atoms with van der Waals surface area (Å²) in [5.74, 6) is 0.874. The summed E-state index contributed by atoms with van der Waals surface area (Å²) >= 11 is 6.16. The average Bonchev–Trinajstić information content (AvgIpc) is 3.26. The normalized spacial score (nSPS) is 13.3. The van der Waals surface area contributed by atoms with Crippen molar-refractivity contribution in [2.24, 2.45) is 0 Å². The lowest BCUT2D eigenvalue weighted by Crippen LogP contribution is -2.37. The van der Waals surface area contributed by atoms with Crippen molar-refractivity contribution in [1.29, 1.82) is 10.8 Å². The van der Waals surface area contributed by atoms with Gasteiger partial charge in [0.25, 0.3) is 0 Å². The highest BCUT2D eigenvalue weighted by Gasteiger charge is 2.29. The average molecular weight is 371 g/mol. The van der Waals surface area contributed by atoms with Gasteiger partial charge in [0.05, 0.1) is 24.1 Å². The maximum absolute atomic E-state index is 8.63. The Morgan fingerprint density at radius 2 is 2.27 bits per heavy atom. The monoisotopic (exact) mass is 370 g/mol. The standard InChI is InChI=1S/C17H15ClN6O2/c1-25-7-15(19)23-6-13-16(14-5-21-9-26-14)22-8-24(13)12-3-2-10(18)4-11(12)17(23)20/h2-5,8-9,19-20H,6-7H2,1H3. The molecule has 0 bridgehead atoms. The van der Waals surface area contributed by atoms with Crippen molar-refractivity contribution in [1.82, 2.24) is 19.4 Å². The molecule has 3 aromatic rings. The fraction of sp³-hybridized carbons (Fsp3) is 0.176. The number of benzene rings is 1. The third kappa shape index (κ3) is 2.59. The van der Waals surface area contributed by atoms with Crippen molar-refractivity contribution in [3.63, 3.8) is 0 Å². The van der Waals surface area contributed by atoms with Crippen molar-refractivity contribution in [3.05, 3.63) is 53.4 Å². The van der Waals surface area contributed by atoms with Crippen LogP contribution in [0.25, 0.3) is 17.1 Å². The maximum Gasteiger partial charge on any atom is 0.181 e. The molecule has 132 valence electrons. The third-order valence-corrected chi connectivity index (χ3v) is 4.43. The Balaban J connectivity index is 1.93.